The summed E-state index contributed by atoms with van der Waals surface area (Å²) in [7, 11) is 0. The Balaban J connectivity index is 2.97. The summed E-state index contributed by atoms with van der Waals surface area (Å²) in [6.07, 6.45) is 0. The number of phenolic OH excluding ortho intramolecular Hbond substituents is 1. The summed E-state index contributed by atoms with van der Waals surface area (Å²) in [6.45, 7) is 1.87. The van der Waals surface area contributed by atoms with Crippen molar-refractivity contribution in [2.45, 2.75) is 13.0 Å². The Morgan fingerprint density at radius 1 is 1.50 bits per heavy atom. The van der Waals surface area contributed by atoms with Crippen LogP contribution in [0.1, 0.15) is 18.5 Å². The van der Waals surface area contributed by atoms with Gasteiger partial charge in [-0.1, -0.05) is 6.07 Å². The number of aliphatic imine (C=N–C) groups is 1. The molecule has 1 rings (SSSR count). The van der Waals surface area contributed by atoms with E-state index in [4.69, 9.17) is 11.5 Å². The average Bonchev–Trinajstić information content (AvgIpc) is 2.08. The van der Waals surface area contributed by atoms with Crippen molar-refractivity contribution in [1.29, 1.82) is 0 Å². The van der Waals surface area contributed by atoms with Crippen LogP contribution in [0.4, 0.5) is 0 Å². The van der Waals surface area contributed by atoms with E-state index in [0.29, 0.717) is 4.47 Å². The second-order valence-corrected chi connectivity index (χ2v) is 3.80. The van der Waals surface area contributed by atoms with Gasteiger partial charge in [-0.3, -0.25) is 0 Å². The van der Waals surface area contributed by atoms with E-state index >= 15 is 0 Å². The third-order valence-corrected chi connectivity index (χ3v) is 2.43. The van der Waals surface area contributed by atoms with Gasteiger partial charge in [-0.25, -0.2) is 4.99 Å². The van der Waals surface area contributed by atoms with E-state index in [9.17, 15) is 5.11 Å². The Kier molecular flexibility index (Phi) is 3.35. The lowest BCUT2D eigenvalue weighted by atomic mass is 10.1. The summed E-state index contributed by atoms with van der Waals surface area (Å²) in [5, 5.41) is 9.28. The van der Waals surface area contributed by atoms with Gasteiger partial charge in [-0.15, -0.1) is 0 Å². The first-order chi connectivity index (χ1) is 6.50. The van der Waals surface area contributed by atoms with Gasteiger partial charge in [0.15, 0.2) is 5.96 Å². The van der Waals surface area contributed by atoms with E-state index in [1.165, 1.54) is 0 Å². The van der Waals surface area contributed by atoms with Crippen molar-refractivity contribution in [2.24, 2.45) is 16.5 Å². The monoisotopic (exact) mass is 257 g/mol. The van der Waals surface area contributed by atoms with Crippen LogP contribution in [-0.2, 0) is 0 Å². The Hall–Kier alpha value is -1.23. The van der Waals surface area contributed by atoms with Gasteiger partial charge >= 0.3 is 0 Å². The normalized spacial score (nSPS) is 12.1. The fourth-order valence-corrected chi connectivity index (χ4v) is 1.48. The molecule has 76 valence electrons. The molecule has 1 unspecified atom stereocenters. The minimum Gasteiger partial charge on any atom is -0.507 e. The molecule has 1 aromatic carbocycles. The van der Waals surface area contributed by atoms with Crippen LogP contribution in [0.2, 0.25) is 0 Å². The van der Waals surface area contributed by atoms with Gasteiger partial charge in [0.25, 0.3) is 0 Å². The number of aromatic hydroxyl groups is 1. The van der Waals surface area contributed by atoms with Crippen molar-refractivity contribution in [3.63, 3.8) is 0 Å². The van der Waals surface area contributed by atoms with Crippen molar-refractivity contribution < 1.29 is 5.11 Å². The van der Waals surface area contributed by atoms with Gasteiger partial charge in [-0.2, -0.15) is 0 Å². The molecule has 5 heteroatoms. The molecule has 0 aliphatic carbocycles. The Bertz CT molecular complexity index is 361. The number of guanidine groups is 1. The number of nitrogens with two attached hydrogens (primary N) is 2. The van der Waals surface area contributed by atoms with E-state index in [0.717, 1.165) is 5.56 Å². The first-order valence-electron chi connectivity index (χ1n) is 4.08. The quantitative estimate of drug-likeness (QED) is 0.555. The van der Waals surface area contributed by atoms with Crippen LogP contribution in [-0.4, -0.2) is 11.1 Å². The molecule has 0 aliphatic heterocycles. The lowest BCUT2D eigenvalue weighted by Gasteiger charge is -2.08. The molecular weight excluding hydrogens is 246 g/mol. The molecule has 0 aliphatic rings. The minimum absolute atomic E-state index is 0.0571. The maximum atomic E-state index is 9.28. The summed E-state index contributed by atoms with van der Waals surface area (Å²) < 4.78 is 0.632. The number of nitrogens with zero attached hydrogens (tertiary/aromatic N) is 1. The molecule has 1 atom stereocenters. The highest BCUT2D eigenvalue weighted by molar-refractivity contribution is 9.10. The van der Waals surface area contributed by atoms with Gasteiger partial charge in [0, 0.05) is 0 Å². The lowest BCUT2D eigenvalue weighted by Crippen LogP contribution is -2.23. The standard InChI is InChI=1S/C9H12BrN3O/c1-5(13-9(11)12)6-2-3-8(14)7(10)4-6/h2-5,14H,1H3,(H4,11,12,13). The Morgan fingerprint density at radius 3 is 2.64 bits per heavy atom. The van der Waals surface area contributed by atoms with E-state index in [1.54, 1.807) is 18.2 Å². The summed E-state index contributed by atoms with van der Waals surface area (Å²) in [4.78, 5) is 3.99. The Labute approximate surface area is 90.8 Å². The number of hydrogen-bond donors (Lipinski definition) is 3. The molecule has 0 aromatic heterocycles. The number of halogens is 1. The van der Waals surface area contributed by atoms with Crippen molar-refractivity contribution in [3.8, 4) is 5.75 Å². The van der Waals surface area contributed by atoms with Gasteiger partial charge in [0.2, 0.25) is 0 Å². The zero-order valence-corrected chi connectivity index (χ0v) is 9.32. The summed E-state index contributed by atoms with van der Waals surface area (Å²) in [5.41, 5.74) is 11.5. The smallest absolute Gasteiger partial charge is 0.186 e. The Morgan fingerprint density at radius 2 is 2.14 bits per heavy atom. The first kappa shape index (κ1) is 10.8. The van der Waals surface area contributed by atoms with Crippen LogP contribution in [0.25, 0.3) is 0 Å². The fourth-order valence-electron chi connectivity index (χ4n) is 1.08. The first-order valence-corrected chi connectivity index (χ1v) is 4.87. The van der Waals surface area contributed by atoms with Crippen LogP contribution in [0, 0.1) is 0 Å². The third-order valence-electron chi connectivity index (χ3n) is 1.80. The van der Waals surface area contributed by atoms with Gasteiger partial charge < -0.3 is 16.6 Å². The molecule has 0 amide bonds. The predicted octanol–water partition coefficient (Wildman–Crippen LogP) is 1.49. The highest BCUT2D eigenvalue weighted by Gasteiger charge is 2.06. The zero-order valence-electron chi connectivity index (χ0n) is 7.74. The maximum absolute atomic E-state index is 9.28. The van der Waals surface area contributed by atoms with E-state index in [-0.39, 0.29) is 17.8 Å². The van der Waals surface area contributed by atoms with E-state index in [2.05, 4.69) is 20.9 Å². The molecule has 0 saturated heterocycles. The second-order valence-electron chi connectivity index (χ2n) is 2.94. The second kappa shape index (κ2) is 4.32. The number of phenols is 1. The van der Waals surface area contributed by atoms with Crippen LogP contribution in [0.3, 0.4) is 0 Å². The summed E-state index contributed by atoms with van der Waals surface area (Å²) >= 11 is 3.22. The molecule has 0 heterocycles. The third kappa shape index (κ3) is 2.63. The highest BCUT2D eigenvalue weighted by Crippen LogP contribution is 2.28. The van der Waals surface area contributed by atoms with Crippen LogP contribution in [0.5, 0.6) is 5.75 Å². The largest absolute Gasteiger partial charge is 0.507 e. The van der Waals surface area contributed by atoms with Gasteiger partial charge in [0.1, 0.15) is 5.75 Å². The van der Waals surface area contributed by atoms with Gasteiger partial charge in [0.05, 0.1) is 10.5 Å². The SMILES string of the molecule is CC(N=C(N)N)c1ccc(O)c(Br)c1. The van der Waals surface area contributed by atoms with E-state index in [1.807, 2.05) is 6.92 Å². The number of hydrogen-bond acceptors (Lipinski definition) is 2. The molecule has 0 bridgehead atoms. The van der Waals surface area contributed by atoms with Crippen molar-refractivity contribution in [2.75, 3.05) is 0 Å². The predicted molar refractivity (Wildman–Crippen MR) is 60.0 cm³/mol. The number of benzene rings is 1. The van der Waals surface area contributed by atoms with Crippen LogP contribution < -0.4 is 11.5 Å². The summed E-state index contributed by atoms with van der Waals surface area (Å²) in [5.74, 6) is 0.257. The minimum atomic E-state index is -0.114. The molecule has 4 nitrogen and oxygen atoms in total. The zero-order chi connectivity index (χ0) is 10.7. The molecule has 0 spiro atoms. The topological polar surface area (TPSA) is 84.6 Å². The van der Waals surface area contributed by atoms with Gasteiger partial charge in [-0.05, 0) is 40.5 Å². The van der Waals surface area contributed by atoms with Crippen molar-refractivity contribution in [1.82, 2.24) is 0 Å². The number of rotatable bonds is 2. The molecule has 0 radical (unpaired) electrons. The van der Waals surface area contributed by atoms with Crippen molar-refractivity contribution >= 4 is 21.9 Å². The van der Waals surface area contributed by atoms with E-state index < -0.39 is 0 Å². The molecule has 1 aromatic rings. The summed E-state index contributed by atoms with van der Waals surface area (Å²) in [6, 6.07) is 5.04. The van der Waals surface area contributed by atoms with Crippen LogP contribution >= 0.6 is 15.9 Å². The van der Waals surface area contributed by atoms with Crippen molar-refractivity contribution in [3.05, 3.63) is 28.2 Å². The fraction of sp³-hybridized carbons (Fsp3) is 0.222. The lowest BCUT2D eigenvalue weighted by molar-refractivity contribution is 0.471. The molecule has 0 fully saturated rings. The maximum Gasteiger partial charge on any atom is 0.186 e. The average molecular weight is 258 g/mol. The van der Waals surface area contributed by atoms with Crippen LogP contribution in [0.15, 0.2) is 27.7 Å². The molecule has 14 heavy (non-hydrogen) atoms. The highest BCUT2D eigenvalue weighted by atomic mass is 79.9. The molecular formula is C9H12BrN3O. The molecule has 5 N–H and O–H groups in total. The molecule has 0 saturated carbocycles.